The van der Waals surface area contributed by atoms with Crippen LogP contribution in [0.4, 0.5) is 14.6 Å². The molecule has 4 heterocycles. The number of hydrogen-bond acceptors (Lipinski definition) is 9. The molecule has 1 saturated heterocycles. The van der Waals surface area contributed by atoms with Gasteiger partial charge in [-0.15, -0.1) is 0 Å². The van der Waals surface area contributed by atoms with Crippen LogP contribution in [-0.4, -0.2) is 82.7 Å². The van der Waals surface area contributed by atoms with E-state index in [2.05, 4.69) is 25.4 Å². The van der Waals surface area contributed by atoms with E-state index in [0.717, 1.165) is 12.1 Å². The summed E-state index contributed by atoms with van der Waals surface area (Å²) in [5, 5.41) is 16.3. The summed E-state index contributed by atoms with van der Waals surface area (Å²) in [5.41, 5.74) is -0.514. The predicted molar refractivity (Wildman–Crippen MR) is 142 cm³/mol. The van der Waals surface area contributed by atoms with E-state index >= 15 is 0 Å². The molecule has 2 aliphatic rings. The van der Waals surface area contributed by atoms with E-state index in [-0.39, 0.29) is 41.8 Å². The topological polar surface area (TPSA) is 139 Å². The standard InChI is InChI=1S/C27H32F2N8O4/c1-16(25(39)33-21-12-31-24(13-30-21)41-20-5-4-18(28)11-19(20)29)35-8-9-36(27(2,3)15-35)26(40)17-6-7-37-23(10-17)32-22(14-38)34-37/h4-5,11-13,16-17,38H,6-10,14-15H2,1-3H3,(H,30,33,39)/t16-,17?/m0/s1. The van der Waals surface area contributed by atoms with E-state index in [4.69, 9.17) is 4.74 Å². The maximum Gasteiger partial charge on any atom is 0.242 e. The fourth-order valence-corrected chi connectivity index (χ4v) is 5.29. The van der Waals surface area contributed by atoms with Crippen LogP contribution in [0.2, 0.25) is 0 Å². The lowest BCUT2D eigenvalue weighted by Gasteiger charge is -2.49. The number of nitrogens with one attached hydrogen (secondary N) is 1. The molecule has 1 unspecified atom stereocenters. The Balaban J connectivity index is 1.16. The summed E-state index contributed by atoms with van der Waals surface area (Å²) in [6, 6.07) is 2.40. The first-order valence-electron chi connectivity index (χ1n) is 13.4. The summed E-state index contributed by atoms with van der Waals surface area (Å²) in [6.45, 7) is 7.60. The van der Waals surface area contributed by atoms with Gasteiger partial charge in [-0.3, -0.25) is 14.5 Å². The van der Waals surface area contributed by atoms with Gasteiger partial charge in [0.15, 0.2) is 23.2 Å². The first kappa shape index (κ1) is 28.5. The first-order valence-corrected chi connectivity index (χ1v) is 13.4. The lowest BCUT2D eigenvalue weighted by molar-refractivity contribution is -0.147. The van der Waals surface area contributed by atoms with Crippen LogP contribution in [0.25, 0.3) is 0 Å². The monoisotopic (exact) mass is 570 g/mol. The number of aryl methyl sites for hydroxylation is 1. The molecular formula is C27H32F2N8O4. The van der Waals surface area contributed by atoms with Gasteiger partial charge >= 0.3 is 0 Å². The summed E-state index contributed by atoms with van der Waals surface area (Å²) < 4.78 is 34.0. The van der Waals surface area contributed by atoms with E-state index in [1.807, 2.05) is 23.6 Å². The number of piperazine rings is 1. The van der Waals surface area contributed by atoms with E-state index in [1.54, 1.807) is 11.6 Å². The second-order valence-electron chi connectivity index (χ2n) is 10.9. The Kier molecular flexibility index (Phi) is 7.95. The SMILES string of the molecule is C[C@@H](C(=O)Nc1cnc(Oc2ccc(F)cc2F)cn1)N1CCN(C(=O)C2CCn3nc(CO)nc3C2)C(C)(C)C1. The van der Waals surface area contributed by atoms with Crippen LogP contribution in [0, 0.1) is 17.6 Å². The van der Waals surface area contributed by atoms with Crippen LogP contribution in [-0.2, 0) is 29.2 Å². The van der Waals surface area contributed by atoms with Gasteiger partial charge < -0.3 is 20.1 Å². The molecule has 0 bridgehead atoms. The Labute approximate surface area is 235 Å². The molecular weight excluding hydrogens is 538 g/mol. The minimum absolute atomic E-state index is 0.0175. The van der Waals surface area contributed by atoms with Gasteiger partial charge in [0.05, 0.1) is 24.0 Å². The quantitative estimate of drug-likeness (QED) is 0.438. The van der Waals surface area contributed by atoms with Gasteiger partial charge in [0.1, 0.15) is 18.2 Å². The highest BCUT2D eigenvalue weighted by molar-refractivity contribution is 5.93. The molecule has 0 aliphatic carbocycles. The van der Waals surface area contributed by atoms with E-state index in [9.17, 15) is 23.5 Å². The molecule has 12 nitrogen and oxygen atoms in total. The molecule has 1 fully saturated rings. The van der Waals surface area contributed by atoms with Crippen LogP contribution in [0.15, 0.2) is 30.6 Å². The molecule has 3 aromatic rings. The molecule has 1 aromatic carbocycles. The highest BCUT2D eigenvalue weighted by Gasteiger charge is 2.42. The fourth-order valence-electron chi connectivity index (χ4n) is 5.29. The number of aromatic nitrogens is 5. The molecule has 14 heteroatoms. The average molecular weight is 571 g/mol. The van der Waals surface area contributed by atoms with Crippen molar-refractivity contribution in [3.05, 3.63) is 53.9 Å². The Bertz CT molecular complexity index is 1430. The number of rotatable bonds is 7. The fraction of sp³-hybridized carbons (Fsp3) is 0.481. The van der Waals surface area contributed by atoms with Gasteiger partial charge in [0, 0.05) is 44.6 Å². The normalized spacial score (nSPS) is 19.4. The van der Waals surface area contributed by atoms with Crippen molar-refractivity contribution in [2.75, 3.05) is 25.0 Å². The zero-order valence-corrected chi connectivity index (χ0v) is 23.0. The van der Waals surface area contributed by atoms with E-state index in [1.165, 1.54) is 12.4 Å². The minimum Gasteiger partial charge on any atom is -0.434 e. The largest absolute Gasteiger partial charge is 0.434 e. The van der Waals surface area contributed by atoms with Crippen molar-refractivity contribution in [2.45, 2.75) is 58.3 Å². The average Bonchev–Trinajstić information content (AvgIpc) is 3.37. The van der Waals surface area contributed by atoms with Crippen LogP contribution in [0.3, 0.4) is 0 Å². The number of halogens is 2. The summed E-state index contributed by atoms with van der Waals surface area (Å²) in [5.74, 6) is -0.989. The van der Waals surface area contributed by atoms with E-state index in [0.29, 0.717) is 56.7 Å². The number of carbonyl (C=O) groups is 2. The number of ether oxygens (including phenoxy) is 1. The number of aliphatic hydroxyl groups is 1. The third-order valence-electron chi connectivity index (χ3n) is 7.51. The van der Waals surface area contributed by atoms with Gasteiger partial charge in [-0.25, -0.2) is 28.4 Å². The zero-order chi connectivity index (χ0) is 29.3. The second-order valence-corrected chi connectivity index (χ2v) is 10.9. The number of anilines is 1. The van der Waals surface area contributed by atoms with Crippen molar-refractivity contribution in [2.24, 2.45) is 5.92 Å². The summed E-state index contributed by atoms with van der Waals surface area (Å²) in [7, 11) is 0. The second kappa shape index (κ2) is 11.4. The molecule has 2 aliphatic heterocycles. The summed E-state index contributed by atoms with van der Waals surface area (Å²) in [6.07, 6.45) is 3.65. The molecule has 5 rings (SSSR count). The number of amides is 2. The zero-order valence-electron chi connectivity index (χ0n) is 23.0. The minimum atomic E-state index is -0.873. The summed E-state index contributed by atoms with van der Waals surface area (Å²) >= 11 is 0. The van der Waals surface area contributed by atoms with Gasteiger partial charge in [-0.05, 0) is 39.3 Å². The van der Waals surface area contributed by atoms with Crippen molar-refractivity contribution in [3.8, 4) is 11.6 Å². The Hall–Kier alpha value is -4.04. The van der Waals surface area contributed by atoms with Crippen molar-refractivity contribution >= 4 is 17.6 Å². The van der Waals surface area contributed by atoms with Crippen molar-refractivity contribution in [1.29, 1.82) is 0 Å². The van der Waals surface area contributed by atoms with Crippen LogP contribution in [0.5, 0.6) is 11.6 Å². The maximum atomic E-state index is 13.8. The van der Waals surface area contributed by atoms with Crippen LogP contribution in [0.1, 0.15) is 38.8 Å². The van der Waals surface area contributed by atoms with Gasteiger partial charge in [-0.2, -0.15) is 5.10 Å². The third kappa shape index (κ3) is 6.17. The molecule has 2 aromatic heterocycles. The van der Waals surface area contributed by atoms with Crippen LogP contribution >= 0.6 is 0 Å². The predicted octanol–water partition coefficient (Wildman–Crippen LogP) is 2.14. The summed E-state index contributed by atoms with van der Waals surface area (Å²) in [4.78, 5) is 43.0. The van der Waals surface area contributed by atoms with Gasteiger partial charge in [0.2, 0.25) is 17.7 Å². The molecule has 2 atom stereocenters. The number of hydrogen-bond donors (Lipinski definition) is 2. The highest BCUT2D eigenvalue weighted by atomic mass is 19.1. The Morgan fingerprint density at radius 3 is 2.68 bits per heavy atom. The van der Waals surface area contributed by atoms with E-state index < -0.39 is 23.2 Å². The smallest absolute Gasteiger partial charge is 0.242 e. The Morgan fingerprint density at radius 1 is 1.20 bits per heavy atom. The molecule has 2 N–H and O–H groups in total. The molecule has 0 spiro atoms. The van der Waals surface area contributed by atoms with Crippen molar-refractivity contribution < 1.29 is 28.2 Å². The van der Waals surface area contributed by atoms with Gasteiger partial charge in [0.25, 0.3) is 0 Å². The molecule has 0 saturated carbocycles. The number of benzene rings is 1. The lowest BCUT2D eigenvalue weighted by atomic mass is 9.91. The maximum absolute atomic E-state index is 13.8. The highest BCUT2D eigenvalue weighted by Crippen LogP contribution is 2.29. The van der Waals surface area contributed by atoms with Crippen LogP contribution < -0.4 is 10.1 Å². The lowest BCUT2D eigenvalue weighted by Crippen LogP contribution is -2.64. The van der Waals surface area contributed by atoms with Crippen molar-refractivity contribution in [1.82, 2.24) is 34.5 Å². The molecule has 2 amide bonds. The first-order chi connectivity index (χ1) is 19.5. The number of aliphatic hydroxyl groups excluding tert-OH is 1. The molecule has 0 radical (unpaired) electrons. The number of carbonyl (C=O) groups excluding carboxylic acids is 2. The number of nitrogens with zero attached hydrogens (tertiary/aromatic N) is 7. The van der Waals surface area contributed by atoms with Crippen molar-refractivity contribution in [3.63, 3.8) is 0 Å². The van der Waals surface area contributed by atoms with Gasteiger partial charge in [-0.1, -0.05) is 0 Å². The third-order valence-corrected chi connectivity index (χ3v) is 7.51. The molecule has 41 heavy (non-hydrogen) atoms. The molecule has 218 valence electrons. The Morgan fingerprint density at radius 2 is 2.00 bits per heavy atom. The number of fused-ring (bicyclic) bond motifs is 1.